The van der Waals surface area contributed by atoms with Crippen molar-refractivity contribution in [3.8, 4) is 28.4 Å². The fourth-order valence-corrected chi connectivity index (χ4v) is 4.03. The average molecular weight is 548 g/mol. The molecule has 11 heteroatoms. The summed E-state index contributed by atoms with van der Waals surface area (Å²) in [5.74, 6) is -0.646. The second kappa shape index (κ2) is 11.8. The largest absolute Gasteiger partial charge is 0.493 e. The van der Waals surface area contributed by atoms with Crippen molar-refractivity contribution in [1.82, 2.24) is 4.72 Å². The molecule has 0 radical (unpaired) electrons. The van der Waals surface area contributed by atoms with Gasteiger partial charge in [-0.05, 0) is 66.3 Å². The average Bonchev–Trinajstić information content (AvgIpc) is 3.69. The lowest BCUT2D eigenvalue weighted by Gasteiger charge is -2.14. The highest BCUT2D eigenvalue weighted by molar-refractivity contribution is 7.89. The summed E-state index contributed by atoms with van der Waals surface area (Å²) in [4.78, 5) is 11.9. The van der Waals surface area contributed by atoms with Crippen LogP contribution in [0.15, 0.2) is 54.6 Å². The molecule has 1 fully saturated rings. The first kappa shape index (κ1) is 27.3. The second-order valence-corrected chi connectivity index (χ2v) is 10.7. The highest BCUT2D eigenvalue weighted by Crippen LogP contribution is 2.35. The summed E-state index contributed by atoms with van der Waals surface area (Å²) in [6.07, 6.45) is 3.06. The van der Waals surface area contributed by atoms with E-state index in [1.807, 2.05) is 0 Å². The molecule has 1 aliphatic carbocycles. The first-order valence-corrected chi connectivity index (χ1v) is 13.7. The van der Waals surface area contributed by atoms with Gasteiger partial charge in [0, 0.05) is 23.3 Å². The predicted molar refractivity (Wildman–Crippen MR) is 136 cm³/mol. The predicted octanol–water partition coefficient (Wildman–Crippen LogP) is 4.06. The van der Waals surface area contributed by atoms with Crippen LogP contribution in [-0.2, 0) is 16.6 Å². The molecule has 202 valence electrons. The number of aliphatic hydroxyl groups excluding tert-OH is 1. The molecule has 1 amide bonds. The minimum absolute atomic E-state index is 0.0851. The molecule has 8 nitrogen and oxygen atoms in total. The molecule has 0 atom stereocenters. The van der Waals surface area contributed by atoms with Crippen LogP contribution in [0.4, 0.5) is 8.78 Å². The molecule has 3 aromatic carbocycles. The normalized spacial score (nSPS) is 13.2. The zero-order chi connectivity index (χ0) is 27.3. The van der Waals surface area contributed by atoms with Gasteiger partial charge in [-0.15, -0.1) is 0 Å². The molecular weight excluding hydrogens is 520 g/mol. The van der Waals surface area contributed by atoms with E-state index in [0.717, 1.165) is 31.2 Å². The number of hydrogen-bond donors (Lipinski definition) is 2. The number of benzene rings is 3. The lowest BCUT2D eigenvalue weighted by atomic mass is 10.0. The van der Waals surface area contributed by atoms with Crippen molar-refractivity contribution in [3.05, 3.63) is 77.4 Å². The van der Waals surface area contributed by atoms with Gasteiger partial charge in [-0.1, -0.05) is 6.07 Å². The van der Waals surface area contributed by atoms with Gasteiger partial charge in [0.15, 0.2) is 0 Å². The zero-order valence-electron chi connectivity index (χ0n) is 20.6. The molecule has 1 aliphatic rings. The number of carbonyl (C=O) groups is 1. The molecule has 38 heavy (non-hydrogen) atoms. The Morgan fingerprint density at radius 3 is 2.24 bits per heavy atom. The number of hydrogen-bond acceptors (Lipinski definition) is 7. The molecule has 0 heterocycles. The molecule has 3 aromatic rings. The highest BCUT2D eigenvalue weighted by Gasteiger charge is 2.22. The highest BCUT2D eigenvalue weighted by atomic mass is 32.2. The number of amides is 1. The van der Waals surface area contributed by atoms with E-state index in [9.17, 15) is 22.0 Å². The summed E-state index contributed by atoms with van der Waals surface area (Å²) < 4.78 is 70.4. The minimum atomic E-state index is -3.80. The molecule has 0 saturated heterocycles. The maximum atomic E-state index is 14.6. The Labute approximate surface area is 219 Å². The van der Waals surface area contributed by atoms with E-state index in [1.165, 1.54) is 18.2 Å². The quantitative estimate of drug-likeness (QED) is 0.352. The lowest BCUT2D eigenvalue weighted by Crippen LogP contribution is -2.29. The standard InChI is InChI=1S/C27H27F2NO7S/c1-38(33,34)30-27(32)18-4-5-19(26(29)12-18)16-37-23-9-20(8-22(28)13-23)21-10-24(35-7-6-31)14-25(11-21)36-15-17-2-3-17/h4-5,8-14,17,31H,2-3,6-7,15-16H2,1H3,(H,30,32). The first-order chi connectivity index (χ1) is 18.1. The van der Waals surface area contributed by atoms with Gasteiger partial charge in [0.05, 0.1) is 19.5 Å². The third-order valence-corrected chi connectivity index (χ3v) is 6.17. The van der Waals surface area contributed by atoms with Crippen LogP contribution >= 0.6 is 0 Å². The molecule has 0 bridgehead atoms. The number of ether oxygens (including phenoxy) is 3. The summed E-state index contributed by atoms with van der Waals surface area (Å²) >= 11 is 0. The Morgan fingerprint density at radius 1 is 0.947 bits per heavy atom. The number of halogens is 2. The Balaban J connectivity index is 1.51. The Morgan fingerprint density at radius 2 is 1.61 bits per heavy atom. The second-order valence-electron chi connectivity index (χ2n) is 8.99. The van der Waals surface area contributed by atoms with Crippen molar-refractivity contribution in [1.29, 1.82) is 0 Å². The number of aliphatic hydroxyl groups is 1. The van der Waals surface area contributed by atoms with E-state index in [2.05, 4.69) is 0 Å². The summed E-state index contributed by atoms with van der Waals surface area (Å²) in [5.41, 5.74) is 0.983. The maximum Gasteiger partial charge on any atom is 0.264 e. The third-order valence-electron chi connectivity index (χ3n) is 5.61. The van der Waals surface area contributed by atoms with Crippen LogP contribution in [0.1, 0.15) is 28.8 Å². The first-order valence-electron chi connectivity index (χ1n) is 11.9. The smallest absolute Gasteiger partial charge is 0.264 e. The Hall–Kier alpha value is -3.70. The van der Waals surface area contributed by atoms with Crippen molar-refractivity contribution in [2.75, 3.05) is 26.1 Å². The zero-order valence-corrected chi connectivity index (χ0v) is 21.4. The summed E-state index contributed by atoms with van der Waals surface area (Å²) in [6, 6.07) is 12.7. The van der Waals surface area contributed by atoms with Crippen LogP contribution < -0.4 is 18.9 Å². The van der Waals surface area contributed by atoms with Crippen LogP contribution in [0.2, 0.25) is 0 Å². The van der Waals surface area contributed by atoms with E-state index >= 15 is 0 Å². The van der Waals surface area contributed by atoms with E-state index < -0.39 is 27.6 Å². The monoisotopic (exact) mass is 547 g/mol. The van der Waals surface area contributed by atoms with Crippen molar-refractivity contribution in [2.24, 2.45) is 5.92 Å². The molecule has 4 rings (SSSR count). The van der Waals surface area contributed by atoms with Crippen molar-refractivity contribution in [2.45, 2.75) is 19.4 Å². The van der Waals surface area contributed by atoms with Gasteiger partial charge in [0.25, 0.3) is 5.91 Å². The van der Waals surface area contributed by atoms with Gasteiger partial charge in [0.2, 0.25) is 10.0 Å². The van der Waals surface area contributed by atoms with Gasteiger partial charge in [-0.2, -0.15) is 0 Å². The van der Waals surface area contributed by atoms with E-state index in [4.69, 9.17) is 19.3 Å². The van der Waals surface area contributed by atoms with Crippen LogP contribution in [0.25, 0.3) is 11.1 Å². The van der Waals surface area contributed by atoms with Crippen molar-refractivity contribution < 1.29 is 41.3 Å². The molecule has 0 aliphatic heterocycles. The van der Waals surface area contributed by atoms with E-state index in [0.29, 0.717) is 35.2 Å². The number of sulfonamides is 1. The maximum absolute atomic E-state index is 14.6. The van der Waals surface area contributed by atoms with Crippen LogP contribution in [0.3, 0.4) is 0 Å². The molecule has 0 aromatic heterocycles. The van der Waals surface area contributed by atoms with Gasteiger partial charge >= 0.3 is 0 Å². The number of nitrogens with one attached hydrogen (secondary N) is 1. The van der Waals surface area contributed by atoms with Gasteiger partial charge in [-0.3, -0.25) is 4.79 Å². The molecule has 0 spiro atoms. The molecule has 0 unspecified atom stereocenters. The lowest BCUT2D eigenvalue weighted by molar-refractivity contribution is 0.0981. The van der Waals surface area contributed by atoms with E-state index in [-0.39, 0.29) is 36.7 Å². The topological polar surface area (TPSA) is 111 Å². The summed E-state index contributed by atoms with van der Waals surface area (Å²) in [7, 11) is -3.80. The molecular formula is C27H27F2NO7S. The third kappa shape index (κ3) is 7.90. The van der Waals surface area contributed by atoms with E-state index in [1.54, 1.807) is 29.0 Å². The van der Waals surface area contributed by atoms with Gasteiger partial charge in [-0.25, -0.2) is 21.9 Å². The summed E-state index contributed by atoms with van der Waals surface area (Å²) in [5, 5.41) is 9.11. The van der Waals surface area contributed by atoms with Crippen LogP contribution in [-0.4, -0.2) is 45.5 Å². The Kier molecular flexibility index (Phi) is 8.48. The number of rotatable bonds is 12. The number of carbonyl (C=O) groups excluding carboxylic acids is 1. The fraction of sp³-hybridized carbons (Fsp3) is 0.296. The minimum Gasteiger partial charge on any atom is -0.493 e. The van der Waals surface area contributed by atoms with Gasteiger partial charge < -0.3 is 19.3 Å². The fourth-order valence-electron chi connectivity index (χ4n) is 3.57. The van der Waals surface area contributed by atoms with Crippen LogP contribution in [0, 0.1) is 17.6 Å². The van der Waals surface area contributed by atoms with Gasteiger partial charge in [0.1, 0.15) is 42.1 Å². The van der Waals surface area contributed by atoms with Crippen molar-refractivity contribution >= 4 is 15.9 Å². The molecule has 1 saturated carbocycles. The van der Waals surface area contributed by atoms with Crippen LogP contribution in [0.5, 0.6) is 17.2 Å². The SMILES string of the molecule is CS(=O)(=O)NC(=O)c1ccc(COc2cc(F)cc(-c3cc(OCCO)cc(OCC4CC4)c3)c2)c(F)c1. The summed E-state index contributed by atoms with van der Waals surface area (Å²) in [6.45, 7) is 0.225. The Bertz CT molecular complexity index is 1420. The van der Waals surface area contributed by atoms with Crippen molar-refractivity contribution in [3.63, 3.8) is 0 Å². The molecule has 2 N–H and O–H groups in total.